The zero-order valence-electron chi connectivity index (χ0n) is 23.9. The molecule has 4 aliphatic rings. The quantitative estimate of drug-likeness (QED) is 0.533. The zero-order valence-corrected chi connectivity index (χ0v) is 23.9. The second-order valence-electron chi connectivity index (χ2n) is 13.3. The zero-order chi connectivity index (χ0) is 28.6. The van der Waals surface area contributed by atoms with E-state index in [0.717, 1.165) is 0 Å². The smallest absolute Gasteiger partial charge is 0.305 e. The largest absolute Gasteiger partial charge is 0.469 e. The number of Topliss-reactive ketones (excluding diaryl/α,β-unsaturated/α-hetero) is 3. The molecule has 210 valence electrons. The van der Waals surface area contributed by atoms with E-state index in [-0.39, 0.29) is 54.2 Å². The number of carbonyl (C=O) groups is 5. The Morgan fingerprint density at radius 2 is 1.68 bits per heavy atom. The van der Waals surface area contributed by atoms with E-state index in [4.69, 9.17) is 9.47 Å². The van der Waals surface area contributed by atoms with Crippen LogP contribution in [0.3, 0.4) is 0 Å². The SMILES string of the molecule is COC(=O)CCC(C)[C@H]1CC(=O)[C@@]2(C)C3=C(C(=O)[C@@H](OC(C)=O)[C@]12C)[C@@]1(C)CC[C@H](O)C(C)(C)[C@@H]1CC3=O. The molecule has 0 amide bonds. The fraction of sp³-hybridized carbons (Fsp3) is 0.767. The molecule has 38 heavy (non-hydrogen) atoms. The molecule has 1 unspecified atom stereocenters. The van der Waals surface area contributed by atoms with Crippen LogP contribution in [0.2, 0.25) is 0 Å². The summed E-state index contributed by atoms with van der Waals surface area (Å²) in [6, 6.07) is 0. The van der Waals surface area contributed by atoms with Crippen LogP contribution in [0.5, 0.6) is 0 Å². The fourth-order valence-corrected chi connectivity index (χ4v) is 8.81. The van der Waals surface area contributed by atoms with E-state index >= 15 is 0 Å². The van der Waals surface area contributed by atoms with E-state index in [1.54, 1.807) is 6.92 Å². The first kappa shape index (κ1) is 28.7. The summed E-state index contributed by atoms with van der Waals surface area (Å²) in [4.78, 5) is 66.9. The van der Waals surface area contributed by atoms with Gasteiger partial charge in [-0.2, -0.15) is 0 Å². The molecule has 0 aliphatic heterocycles. The third-order valence-electron chi connectivity index (χ3n) is 11.3. The summed E-state index contributed by atoms with van der Waals surface area (Å²) in [7, 11) is 1.32. The highest BCUT2D eigenvalue weighted by atomic mass is 16.5. The number of esters is 2. The Bertz CT molecular complexity index is 1130. The Kier molecular flexibility index (Phi) is 6.86. The lowest BCUT2D eigenvalue weighted by Gasteiger charge is -2.61. The molecule has 0 spiro atoms. The number of fused-ring (bicyclic) bond motifs is 4. The standard InChI is InChI=1S/C30H42O8/c1-15(9-10-22(35)37-8)17-13-21(34)30(7)23-18(32)14-19-27(3,4)20(33)11-12-28(19,5)24(23)25(36)26(29(17,30)6)38-16(2)31/h15,17,19-20,26,33H,9-14H2,1-8H3/t15?,17-,19+,20+,26-,28+,29+,30+/m1/s1. The number of rotatable bonds is 5. The molecule has 0 aromatic carbocycles. The lowest BCUT2D eigenvalue weighted by molar-refractivity contribution is -0.176. The van der Waals surface area contributed by atoms with Crippen LogP contribution in [0.4, 0.5) is 0 Å². The normalized spacial score (nSPS) is 40.7. The molecule has 0 aromatic rings. The van der Waals surface area contributed by atoms with Gasteiger partial charge in [0, 0.05) is 48.2 Å². The van der Waals surface area contributed by atoms with Gasteiger partial charge in [0.15, 0.2) is 11.9 Å². The minimum Gasteiger partial charge on any atom is -0.469 e. The van der Waals surface area contributed by atoms with Crippen molar-refractivity contribution in [2.45, 2.75) is 99.2 Å². The van der Waals surface area contributed by atoms with Gasteiger partial charge in [-0.15, -0.1) is 0 Å². The summed E-state index contributed by atoms with van der Waals surface area (Å²) in [6.45, 7) is 12.6. The van der Waals surface area contributed by atoms with Crippen LogP contribution >= 0.6 is 0 Å². The number of hydrogen-bond acceptors (Lipinski definition) is 8. The molecule has 2 fully saturated rings. The highest BCUT2D eigenvalue weighted by Crippen LogP contribution is 2.70. The van der Waals surface area contributed by atoms with Gasteiger partial charge in [-0.3, -0.25) is 24.0 Å². The Labute approximate surface area is 224 Å². The molecule has 0 radical (unpaired) electrons. The van der Waals surface area contributed by atoms with Crippen LogP contribution in [0.25, 0.3) is 0 Å². The van der Waals surface area contributed by atoms with Crippen LogP contribution in [0.1, 0.15) is 87.0 Å². The molecular weight excluding hydrogens is 488 g/mol. The van der Waals surface area contributed by atoms with Crippen molar-refractivity contribution in [1.29, 1.82) is 0 Å². The van der Waals surface area contributed by atoms with Gasteiger partial charge in [0.2, 0.25) is 5.78 Å². The molecule has 0 saturated heterocycles. The van der Waals surface area contributed by atoms with Gasteiger partial charge in [0.25, 0.3) is 0 Å². The van der Waals surface area contributed by atoms with Crippen molar-refractivity contribution in [1.82, 2.24) is 0 Å². The molecule has 0 bridgehead atoms. The predicted octanol–water partition coefficient (Wildman–Crippen LogP) is 3.76. The third-order valence-corrected chi connectivity index (χ3v) is 11.3. The van der Waals surface area contributed by atoms with E-state index in [9.17, 15) is 29.1 Å². The van der Waals surface area contributed by atoms with Gasteiger partial charge >= 0.3 is 11.9 Å². The number of aliphatic hydroxyl groups is 1. The molecule has 0 aromatic heterocycles. The van der Waals surface area contributed by atoms with Gasteiger partial charge in [0.05, 0.1) is 18.6 Å². The van der Waals surface area contributed by atoms with Crippen molar-refractivity contribution in [2.24, 2.45) is 39.4 Å². The van der Waals surface area contributed by atoms with E-state index in [1.165, 1.54) is 14.0 Å². The number of ether oxygens (including phenoxy) is 2. The average Bonchev–Trinajstić information content (AvgIpc) is 3.05. The monoisotopic (exact) mass is 530 g/mol. The average molecular weight is 531 g/mol. The number of hydrogen-bond donors (Lipinski definition) is 1. The van der Waals surface area contributed by atoms with Gasteiger partial charge in [-0.1, -0.05) is 34.6 Å². The molecule has 2 saturated carbocycles. The van der Waals surface area contributed by atoms with Gasteiger partial charge < -0.3 is 14.6 Å². The van der Waals surface area contributed by atoms with Crippen LogP contribution in [-0.2, 0) is 33.4 Å². The molecule has 8 heteroatoms. The fourth-order valence-electron chi connectivity index (χ4n) is 8.81. The third kappa shape index (κ3) is 3.61. The maximum atomic E-state index is 14.5. The number of ketones is 3. The minimum atomic E-state index is -1.33. The van der Waals surface area contributed by atoms with Crippen molar-refractivity contribution < 1.29 is 38.6 Å². The Morgan fingerprint density at radius 1 is 1.05 bits per heavy atom. The number of aliphatic hydroxyl groups excluding tert-OH is 1. The summed E-state index contributed by atoms with van der Waals surface area (Å²) in [6.07, 6.45) is -0.0415. The van der Waals surface area contributed by atoms with Crippen molar-refractivity contribution >= 4 is 29.3 Å². The lowest BCUT2D eigenvalue weighted by atomic mass is 9.42. The van der Waals surface area contributed by atoms with E-state index < -0.39 is 51.5 Å². The molecule has 4 rings (SSSR count). The van der Waals surface area contributed by atoms with Crippen LogP contribution in [0, 0.1) is 39.4 Å². The van der Waals surface area contributed by atoms with Crippen molar-refractivity contribution in [3.05, 3.63) is 11.1 Å². The highest BCUT2D eigenvalue weighted by molar-refractivity contribution is 6.18. The number of methoxy groups -OCH3 is 1. The first-order valence-corrected chi connectivity index (χ1v) is 13.8. The molecule has 8 nitrogen and oxygen atoms in total. The minimum absolute atomic E-state index is 0.120. The number of carbonyl (C=O) groups excluding carboxylic acids is 5. The predicted molar refractivity (Wildman–Crippen MR) is 138 cm³/mol. The Balaban J connectivity index is 1.94. The molecule has 1 N–H and O–H groups in total. The van der Waals surface area contributed by atoms with E-state index in [1.807, 2.05) is 34.6 Å². The lowest BCUT2D eigenvalue weighted by Crippen LogP contribution is -2.65. The van der Waals surface area contributed by atoms with Crippen LogP contribution in [-0.4, -0.2) is 53.7 Å². The second-order valence-corrected chi connectivity index (χ2v) is 13.3. The maximum Gasteiger partial charge on any atom is 0.305 e. The van der Waals surface area contributed by atoms with Crippen LogP contribution < -0.4 is 0 Å². The van der Waals surface area contributed by atoms with Crippen molar-refractivity contribution in [2.75, 3.05) is 7.11 Å². The Morgan fingerprint density at radius 3 is 2.26 bits per heavy atom. The van der Waals surface area contributed by atoms with Gasteiger partial charge in [-0.25, -0.2) is 0 Å². The van der Waals surface area contributed by atoms with Crippen molar-refractivity contribution in [3.63, 3.8) is 0 Å². The molecule has 8 atom stereocenters. The Hall–Kier alpha value is -2.35. The first-order chi connectivity index (χ1) is 17.5. The summed E-state index contributed by atoms with van der Waals surface area (Å²) in [5.41, 5.74) is -3.26. The summed E-state index contributed by atoms with van der Waals surface area (Å²) < 4.78 is 10.6. The summed E-state index contributed by atoms with van der Waals surface area (Å²) in [5, 5.41) is 10.8. The molecule has 0 heterocycles. The molecule has 4 aliphatic carbocycles. The summed E-state index contributed by atoms with van der Waals surface area (Å²) in [5.74, 6) is -2.63. The maximum absolute atomic E-state index is 14.5. The topological polar surface area (TPSA) is 124 Å². The van der Waals surface area contributed by atoms with Crippen molar-refractivity contribution in [3.8, 4) is 0 Å². The van der Waals surface area contributed by atoms with Gasteiger partial charge in [0.1, 0.15) is 5.78 Å². The molecular formula is C30H42O8. The number of allylic oxidation sites excluding steroid dienone is 1. The second kappa shape index (κ2) is 9.10. The summed E-state index contributed by atoms with van der Waals surface area (Å²) >= 11 is 0. The van der Waals surface area contributed by atoms with Crippen LogP contribution in [0.15, 0.2) is 11.1 Å². The first-order valence-electron chi connectivity index (χ1n) is 13.8. The highest BCUT2D eigenvalue weighted by Gasteiger charge is 2.74. The van der Waals surface area contributed by atoms with E-state index in [0.29, 0.717) is 24.8 Å². The van der Waals surface area contributed by atoms with Gasteiger partial charge in [-0.05, 0) is 49.4 Å². The van der Waals surface area contributed by atoms with E-state index in [2.05, 4.69) is 0 Å².